The standard InChI is InChI=1S/C26H31ClN2O2/c1-3-4-7-21-11-13-23(14-12-21)26(30)29(16-17-31-2)20-25-10-6-15-28(25)19-22-8-5-9-24(27)18-22/h5-6,8-15,18H,3-4,7,16-17,19-20H2,1-2H3. The third kappa shape index (κ3) is 6.71. The summed E-state index contributed by atoms with van der Waals surface area (Å²) >= 11 is 6.14. The van der Waals surface area contributed by atoms with Gasteiger partial charge in [-0.25, -0.2) is 0 Å². The topological polar surface area (TPSA) is 34.5 Å². The van der Waals surface area contributed by atoms with E-state index in [0.717, 1.165) is 29.1 Å². The van der Waals surface area contributed by atoms with Crippen LogP contribution in [-0.4, -0.2) is 35.6 Å². The molecule has 1 aromatic heterocycles. The van der Waals surface area contributed by atoms with E-state index in [2.05, 4.69) is 35.8 Å². The molecule has 5 heteroatoms. The maximum atomic E-state index is 13.3. The Morgan fingerprint density at radius 3 is 2.58 bits per heavy atom. The van der Waals surface area contributed by atoms with Crippen LogP contribution in [0.2, 0.25) is 5.02 Å². The summed E-state index contributed by atoms with van der Waals surface area (Å²) in [7, 11) is 1.66. The van der Waals surface area contributed by atoms with E-state index in [9.17, 15) is 4.79 Å². The maximum Gasteiger partial charge on any atom is 0.254 e. The lowest BCUT2D eigenvalue weighted by Gasteiger charge is -2.24. The fourth-order valence-corrected chi connectivity index (χ4v) is 3.82. The number of amides is 1. The van der Waals surface area contributed by atoms with Gasteiger partial charge in [0.15, 0.2) is 0 Å². The van der Waals surface area contributed by atoms with Crippen LogP contribution in [0.25, 0.3) is 0 Å². The summed E-state index contributed by atoms with van der Waals surface area (Å²) in [5.74, 6) is 0.0228. The second-order valence-corrected chi connectivity index (χ2v) is 8.21. The number of benzene rings is 2. The van der Waals surface area contributed by atoms with Crippen molar-refractivity contribution in [3.05, 3.63) is 94.3 Å². The lowest BCUT2D eigenvalue weighted by atomic mass is 10.1. The number of hydrogen-bond acceptors (Lipinski definition) is 2. The van der Waals surface area contributed by atoms with Crippen LogP contribution in [0.15, 0.2) is 66.9 Å². The summed E-state index contributed by atoms with van der Waals surface area (Å²) in [5, 5.41) is 0.727. The molecule has 0 aliphatic heterocycles. The number of halogens is 1. The highest BCUT2D eigenvalue weighted by Gasteiger charge is 2.17. The normalized spacial score (nSPS) is 10.9. The summed E-state index contributed by atoms with van der Waals surface area (Å²) in [5.41, 5.74) is 4.19. The quantitative estimate of drug-likeness (QED) is 0.378. The Kier molecular flexibility index (Phi) is 8.74. The molecular weight excluding hydrogens is 408 g/mol. The highest BCUT2D eigenvalue weighted by molar-refractivity contribution is 6.30. The van der Waals surface area contributed by atoms with Crippen LogP contribution in [0.5, 0.6) is 0 Å². The zero-order valence-corrected chi connectivity index (χ0v) is 19.1. The van der Waals surface area contributed by atoms with E-state index in [0.29, 0.717) is 31.8 Å². The molecule has 0 saturated carbocycles. The van der Waals surface area contributed by atoms with Crippen molar-refractivity contribution in [3.63, 3.8) is 0 Å². The molecule has 0 unspecified atom stereocenters. The van der Waals surface area contributed by atoms with Crippen molar-refractivity contribution in [2.75, 3.05) is 20.3 Å². The van der Waals surface area contributed by atoms with Gasteiger partial charge in [0.2, 0.25) is 0 Å². The average Bonchev–Trinajstić information content (AvgIpc) is 3.21. The van der Waals surface area contributed by atoms with Crippen molar-refractivity contribution in [1.82, 2.24) is 9.47 Å². The molecular formula is C26H31ClN2O2. The number of carbonyl (C=O) groups is 1. The number of nitrogens with zero attached hydrogens (tertiary/aromatic N) is 2. The van der Waals surface area contributed by atoms with Gasteiger partial charge in [0.1, 0.15) is 0 Å². The summed E-state index contributed by atoms with van der Waals surface area (Å²) < 4.78 is 7.42. The Labute approximate surface area is 190 Å². The van der Waals surface area contributed by atoms with E-state index in [4.69, 9.17) is 16.3 Å². The van der Waals surface area contributed by atoms with E-state index < -0.39 is 0 Å². The van der Waals surface area contributed by atoms with Crippen molar-refractivity contribution >= 4 is 17.5 Å². The SMILES string of the molecule is CCCCc1ccc(C(=O)N(CCOC)Cc2cccn2Cc2cccc(Cl)c2)cc1. The number of unbranched alkanes of at least 4 members (excludes halogenated alkanes) is 1. The zero-order valence-electron chi connectivity index (χ0n) is 18.4. The summed E-state index contributed by atoms with van der Waals surface area (Å²) in [6, 6.07) is 20.0. The number of aromatic nitrogens is 1. The van der Waals surface area contributed by atoms with Crippen molar-refractivity contribution < 1.29 is 9.53 Å². The number of aryl methyl sites for hydroxylation is 1. The molecule has 1 heterocycles. The molecule has 0 fully saturated rings. The van der Waals surface area contributed by atoms with Gasteiger partial charge in [-0.2, -0.15) is 0 Å². The average molecular weight is 439 g/mol. The fourth-order valence-electron chi connectivity index (χ4n) is 3.61. The Morgan fingerprint density at radius 2 is 1.87 bits per heavy atom. The van der Waals surface area contributed by atoms with Gasteiger partial charge in [0.25, 0.3) is 5.91 Å². The first-order valence-corrected chi connectivity index (χ1v) is 11.2. The van der Waals surface area contributed by atoms with Gasteiger partial charge in [-0.05, 0) is 60.4 Å². The number of methoxy groups -OCH3 is 1. The van der Waals surface area contributed by atoms with Crippen molar-refractivity contribution in [3.8, 4) is 0 Å². The van der Waals surface area contributed by atoms with Crippen molar-refractivity contribution in [2.24, 2.45) is 0 Å². The highest BCUT2D eigenvalue weighted by Crippen LogP contribution is 2.16. The molecule has 3 rings (SSSR count). The van der Waals surface area contributed by atoms with Gasteiger partial charge in [-0.1, -0.05) is 49.2 Å². The van der Waals surface area contributed by atoms with Crippen LogP contribution >= 0.6 is 11.6 Å². The first-order valence-electron chi connectivity index (χ1n) is 10.9. The molecule has 0 spiro atoms. The van der Waals surface area contributed by atoms with E-state index in [1.54, 1.807) is 7.11 Å². The molecule has 0 aliphatic rings. The second kappa shape index (κ2) is 11.7. The van der Waals surface area contributed by atoms with E-state index in [1.807, 2.05) is 47.5 Å². The van der Waals surface area contributed by atoms with Crippen LogP contribution in [0, 0.1) is 0 Å². The molecule has 0 radical (unpaired) electrons. The molecule has 0 aliphatic carbocycles. The van der Waals surface area contributed by atoms with Gasteiger partial charge in [0, 0.05) is 42.7 Å². The van der Waals surface area contributed by atoms with Gasteiger partial charge >= 0.3 is 0 Å². The van der Waals surface area contributed by atoms with Gasteiger partial charge in [0.05, 0.1) is 13.2 Å². The molecule has 0 bridgehead atoms. The fraction of sp³-hybridized carbons (Fsp3) is 0.346. The van der Waals surface area contributed by atoms with Crippen LogP contribution in [0.3, 0.4) is 0 Å². The number of hydrogen-bond donors (Lipinski definition) is 0. The second-order valence-electron chi connectivity index (χ2n) is 7.78. The molecule has 2 aromatic carbocycles. The molecule has 164 valence electrons. The number of ether oxygens (including phenoxy) is 1. The highest BCUT2D eigenvalue weighted by atomic mass is 35.5. The zero-order chi connectivity index (χ0) is 22.1. The molecule has 0 saturated heterocycles. The largest absolute Gasteiger partial charge is 0.383 e. The Hall–Kier alpha value is -2.56. The Balaban J connectivity index is 1.74. The number of carbonyl (C=O) groups excluding carboxylic acids is 1. The van der Waals surface area contributed by atoms with E-state index in [1.165, 1.54) is 12.0 Å². The van der Waals surface area contributed by atoms with E-state index in [-0.39, 0.29) is 5.91 Å². The third-order valence-electron chi connectivity index (χ3n) is 5.39. The van der Waals surface area contributed by atoms with Crippen LogP contribution in [0.1, 0.15) is 46.9 Å². The lowest BCUT2D eigenvalue weighted by molar-refractivity contribution is 0.0676. The van der Waals surface area contributed by atoms with Crippen molar-refractivity contribution in [1.29, 1.82) is 0 Å². The first-order chi connectivity index (χ1) is 15.1. The molecule has 31 heavy (non-hydrogen) atoms. The summed E-state index contributed by atoms with van der Waals surface area (Å²) in [6.07, 6.45) is 5.42. The predicted molar refractivity (Wildman–Crippen MR) is 127 cm³/mol. The van der Waals surface area contributed by atoms with Gasteiger partial charge < -0.3 is 14.2 Å². The Bertz CT molecular complexity index is 966. The number of rotatable bonds is 11. The lowest BCUT2D eigenvalue weighted by Crippen LogP contribution is -2.34. The molecule has 0 atom stereocenters. The predicted octanol–water partition coefficient (Wildman–Crippen LogP) is 5.82. The summed E-state index contributed by atoms with van der Waals surface area (Å²) in [4.78, 5) is 15.1. The van der Waals surface area contributed by atoms with Crippen LogP contribution in [-0.2, 0) is 24.2 Å². The third-order valence-corrected chi connectivity index (χ3v) is 5.63. The van der Waals surface area contributed by atoms with Crippen molar-refractivity contribution in [2.45, 2.75) is 39.3 Å². The Morgan fingerprint density at radius 1 is 1.06 bits per heavy atom. The molecule has 1 amide bonds. The monoisotopic (exact) mass is 438 g/mol. The molecule has 0 N–H and O–H groups in total. The smallest absolute Gasteiger partial charge is 0.254 e. The minimum atomic E-state index is 0.0228. The van der Waals surface area contributed by atoms with Crippen LogP contribution in [0.4, 0.5) is 0 Å². The molecule has 3 aromatic rings. The minimum Gasteiger partial charge on any atom is -0.383 e. The minimum absolute atomic E-state index is 0.0228. The van der Waals surface area contributed by atoms with Crippen LogP contribution < -0.4 is 0 Å². The van der Waals surface area contributed by atoms with E-state index >= 15 is 0 Å². The van der Waals surface area contributed by atoms with Gasteiger partial charge in [-0.3, -0.25) is 4.79 Å². The molecule has 4 nitrogen and oxygen atoms in total. The maximum absolute atomic E-state index is 13.3. The first kappa shape index (κ1) is 23.1. The van der Waals surface area contributed by atoms with Gasteiger partial charge in [-0.15, -0.1) is 0 Å². The summed E-state index contributed by atoms with van der Waals surface area (Å²) in [6.45, 7) is 4.45.